The van der Waals surface area contributed by atoms with E-state index in [0.29, 0.717) is 0 Å². The van der Waals surface area contributed by atoms with Crippen LogP contribution in [0.15, 0.2) is 23.0 Å². The van der Waals surface area contributed by atoms with Gasteiger partial charge in [0.15, 0.2) is 0 Å². The molecule has 2 aliphatic heterocycles. The molecule has 0 radical (unpaired) electrons. The van der Waals surface area contributed by atoms with Crippen molar-refractivity contribution in [2.75, 3.05) is 38.5 Å². The maximum absolute atomic E-state index is 13.1. The Bertz CT molecular complexity index is 951. The van der Waals surface area contributed by atoms with Crippen LogP contribution in [0.4, 0.5) is 0 Å². The first-order valence-electron chi connectivity index (χ1n) is 10.8. The van der Waals surface area contributed by atoms with Crippen molar-refractivity contribution >= 4 is 41.0 Å². The van der Waals surface area contributed by atoms with E-state index >= 15 is 0 Å². The fourth-order valence-electron chi connectivity index (χ4n) is 4.40. The van der Waals surface area contributed by atoms with Crippen LogP contribution in [-0.4, -0.2) is 59.2 Å². The smallest absolute Gasteiger partial charge is 0.253 e. The maximum Gasteiger partial charge on any atom is 0.253 e. The van der Waals surface area contributed by atoms with Gasteiger partial charge in [-0.15, -0.1) is 12.4 Å². The highest BCUT2D eigenvalue weighted by Gasteiger charge is 2.23. The lowest BCUT2D eigenvalue weighted by Crippen LogP contribution is -2.48. The van der Waals surface area contributed by atoms with Crippen LogP contribution in [0.3, 0.4) is 0 Å². The summed E-state index contributed by atoms with van der Waals surface area (Å²) in [6.07, 6.45) is 3.39. The number of thioether (sulfide) groups is 1. The standard InChI is InChI=1S/C23H31N3O2S.ClH/c1-16(2)4-3-8-25-9-11-26(12-10-25)23(28)17-5-6-21-19(14-17)18-7-13-29-15-20(18)22(27)24-21;/h5-6,14,16H,3-4,7-13,15H2,1-2H3,(H,24,27);1H. The predicted octanol–water partition coefficient (Wildman–Crippen LogP) is 3.93. The van der Waals surface area contributed by atoms with E-state index in [1.807, 2.05) is 23.1 Å². The molecule has 1 amide bonds. The average molecular weight is 450 g/mol. The molecule has 0 unspecified atom stereocenters. The van der Waals surface area contributed by atoms with Crippen molar-refractivity contribution in [2.45, 2.75) is 38.9 Å². The first kappa shape index (κ1) is 23.2. The summed E-state index contributed by atoms with van der Waals surface area (Å²) in [5.74, 6) is 2.66. The van der Waals surface area contributed by atoms with Crippen molar-refractivity contribution in [1.82, 2.24) is 14.8 Å². The van der Waals surface area contributed by atoms with E-state index in [-0.39, 0.29) is 23.9 Å². The quantitative estimate of drug-likeness (QED) is 0.751. The lowest BCUT2D eigenvalue weighted by molar-refractivity contribution is 0.0634. The lowest BCUT2D eigenvalue weighted by atomic mass is 9.99. The van der Waals surface area contributed by atoms with E-state index in [0.717, 1.165) is 84.2 Å². The average Bonchev–Trinajstić information content (AvgIpc) is 2.73. The van der Waals surface area contributed by atoms with E-state index in [9.17, 15) is 9.59 Å². The number of piperazine rings is 1. The summed E-state index contributed by atoms with van der Waals surface area (Å²) < 4.78 is 0. The zero-order valence-corrected chi connectivity index (χ0v) is 19.5. The number of amides is 1. The van der Waals surface area contributed by atoms with Gasteiger partial charge in [0.05, 0.1) is 0 Å². The Labute approximate surface area is 189 Å². The number of halogens is 1. The Morgan fingerprint density at radius 2 is 1.93 bits per heavy atom. The lowest BCUT2D eigenvalue weighted by Gasteiger charge is -2.35. The van der Waals surface area contributed by atoms with E-state index < -0.39 is 0 Å². The third kappa shape index (κ3) is 5.04. The van der Waals surface area contributed by atoms with E-state index in [4.69, 9.17) is 0 Å². The number of nitrogens with zero attached hydrogens (tertiary/aromatic N) is 2. The zero-order chi connectivity index (χ0) is 20.4. The first-order chi connectivity index (χ1) is 14.0. The molecule has 3 heterocycles. The van der Waals surface area contributed by atoms with Gasteiger partial charge in [0, 0.05) is 54.0 Å². The summed E-state index contributed by atoms with van der Waals surface area (Å²) in [6, 6.07) is 5.76. The van der Waals surface area contributed by atoms with Crippen LogP contribution >= 0.6 is 24.2 Å². The molecule has 1 aromatic heterocycles. The number of hydrogen-bond donors (Lipinski definition) is 1. The van der Waals surface area contributed by atoms with Gasteiger partial charge >= 0.3 is 0 Å². The molecule has 30 heavy (non-hydrogen) atoms. The van der Waals surface area contributed by atoms with Gasteiger partial charge < -0.3 is 9.88 Å². The molecule has 0 atom stereocenters. The van der Waals surface area contributed by atoms with Crippen LogP contribution in [0.5, 0.6) is 0 Å². The number of carbonyl (C=O) groups excluding carboxylic acids is 1. The molecule has 0 saturated carbocycles. The number of pyridine rings is 1. The fourth-order valence-corrected chi connectivity index (χ4v) is 5.40. The van der Waals surface area contributed by atoms with Gasteiger partial charge in [-0.25, -0.2) is 0 Å². The summed E-state index contributed by atoms with van der Waals surface area (Å²) in [4.78, 5) is 32.9. The molecule has 2 aromatic rings. The molecular weight excluding hydrogens is 418 g/mol. The molecule has 2 aliphatic rings. The highest BCUT2D eigenvalue weighted by molar-refractivity contribution is 7.98. The van der Waals surface area contributed by atoms with Gasteiger partial charge in [0.1, 0.15) is 0 Å². The first-order valence-corrected chi connectivity index (χ1v) is 12.0. The van der Waals surface area contributed by atoms with Gasteiger partial charge in [0.25, 0.3) is 11.5 Å². The Hall–Kier alpha value is -1.50. The number of benzene rings is 1. The third-order valence-corrected chi connectivity index (χ3v) is 7.12. The van der Waals surface area contributed by atoms with E-state index in [1.165, 1.54) is 12.8 Å². The number of carbonyl (C=O) groups is 1. The van der Waals surface area contributed by atoms with Crippen molar-refractivity contribution in [1.29, 1.82) is 0 Å². The largest absolute Gasteiger partial charge is 0.336 e. The number of aromatic amines is 1. The van der Waals surface area contributed by atoms with Crippen LogP contribution in [0.25, 0.3) is 10.9 Å². The molecule has 7 heteroatoms. The fraction of sp³-hybridized carbons (Fsp3) is 0.565. The Kier molecular flexibility index (Phi) is 7.88. The minimum atomic E-state index is 0. The monoisotopic (exact) mass is 449 g/mol. The molecule has 1 N–H and O–H groups in total. The molecule has 5 nitrogen and oxygen atoms in total. The number of hydrogen-bond acceptors (Lipinski definition) is 4. The number of aryl methyl sites for hydroxylation is 1. The maximum atomic E-state index is 13.1. The zero-order valence-electron chi connectivity index (χ0n) is 17.9. The molecule has 1 aromatic carbocycles. The minimum Gasteiger partial charge on any atom is -0.336 e. The molecule has 0 spiro atoms. The van der Waals surface area contributed by atoms with Crippen LogP contribution in [0, 0.1) is 5.92 Å². The molecule has 0 bridgehead atoms. The summed E-state index contributed by atoms with van der Waals surface area (Å²) >= 11 is 1.80. The summed E-state index contributed by atoms with van der Waals surface area (Å²) in [5, 5.41) is 1.04. The number of nitrogens with one attached hydrogen (secondary N) is 1. The highest BCUT2D eigenvalue weighted by atomic mass is 35.5. The number of fused-ring (bicyclic) bond motifs is 3. The number of H-pyrrole nitrogens is 1. The molecule has 1 saturated heterocycles. The Morgan fingerprint density at radius 3 is 2.67 bits per heavy atom. The summed E-state index contributed by atoms with van der Waals surface area (Å²) in [5.41, 5.74) is 3.61. The second kappa shape index (κ2) is 10.2. The molecule has 4 rings (SSSR count). The summed E-state index contributed by atoms with van der Waals surface area (Å²) in [6.45, 7) is 9.16. The van der Waals surface area contributed by atoms with Crippen LogP contribution in [0.1, 0.15) is 48.2 Å². The van der Waals surface area contributed by atoms with Crippen molar-refractivity contribution in [3.8, 4) is 0 Å². The number of aromatic nitrogens is 1. The SMILES string of the molecule is CC(C)CCCN1CCN(C(=O)c2ccc3[nH]c(=O)c4c(c3c2)CCSC4)CC1.Cl. The Morgan fingerprint density at radius 1 is 1.17 bits per heavy atom. The second-order valence-electron chi connectivity index (χ2n) is 8.64. The molecule has 0 aliphatic carbocycles. The van der Waals surface area contributed by atoms with Gasteiger partial charge in [-0.2, -0.15) is 11.8 Å². The van der Waals surface area contributed by atoms with Gasteiger partial charge in [0.2, 0.25) is 0 Å². The predicted molar refractivity (Wildman–Crippen MR) is 128 cm³/mol. The van der Waals surface area contributed by atoms with E-state index in [2.05, 4.69) is 23.7 Å². The highest BCUT2D eigenvalue weighted by Crippen LogP contribution is 2.28. The normalized spacial score (nSPS) is 17.1. The van der Waals surface area contributed by atoms with Crippen molar-refractivity contribution < 1.29 is 4.79 Å². The van der Waals surface area contributed by atoms with Gasteiger partial charge in [-0.3, -0.25) is 14.5 Å². The summed E-state index contributed by atoms with van der Waals surface area (Å²) in [7, 11) is 0. The van der Waals surface area contributed by atoms with Crippen molar-refractivity contribution in [3.05, 3.63) is 45.2 Å². The minimum absolute atomic E-state index is 0. The molecular formula is C23H32ClN3O2S. The molecule has 164 valence electrons. The van der Waals surface area contributed by atoms with Crippen LogP contribution < -0.4 is 5.56 Å². The second-order valence-corrected chi connectivity index (χ2v) is 9.75. The van der Waals surface area contributed by atoms with Crippen LogP contribution in [0.2, 0.25) is 0 Å². The van der Waals surface area contributed by atoms with Gasteiger partial charge in [-0.05, 0) is 61.2 Å². The van der Waals surface area contributed by atoms with Gasteiger partial charge in [-0.1, -0.05) is 13.8 Å². The molecule has 1 fully saturated rings. The third-order valence-electron chi connectivity index (χ3n) is 6.14. The van der Waals surface area contributed by atoms with Crippen LogP contribution in [-0.2, 0) is 12.2 Å². The Balaban J connectivity index is 0.00000256. The van der Waals surface area contributed by atoms with E-state index in [1.54, 1.807) is 11.8 Å². The van der Waals surface area contributed by atoms with Crippen molar-refractivity contribution in [3.63, 3.8) is 0 Å². The number of rotatable bonds is 5. The topological polar surface area (TPSA) is 56.4 Å². The van der Waals surface area contributed by atoms with Crippen molar-refractivity contribution in [2.24, 2.45) is 5.92 Å².